The van der Waals surface area contributed by atoms with Gasteiger partial charge in [0.2, 0.25) is 5.91 Å². The standard InChI is InChI=1S/C14H19NOS/c1-12(16)15(13-8-4-2-5-9-13)17-14-10-6-3-7-11-14/h3,6-7,10-11,13H,2,4-5,8-9H2,1H3. The fraction of sp³-hybridized carbons (Fsp3) is 0.500. The van der Waals surface area contributed by atoms with Crippen LogP contribution in [0.3, 0.4) is 0 Å². The number of amides is 1. The van der Waals surface area contributed by atoms with E-state index >= 15 is 0 Å². The summed E-state index contributed by atoms with van der Waals surface area (Å²) in [7, 11) is 0. The third kappa shape index (κ3) is 3.50. The molecule has 0 aromatic heterocycles. The first-order valence-corrected chi connectivity index (χ1v) is 7.07. The molecule has 0 bridgehead atoms. The highest BCUT2D eigenvalue weighted by molar-refractivity contribution is 7.97. The van der Waals surface area contributed by atoms with Crippen molar-refractivity contribution in [3.63, 3.8) is 0 Å². The average molecular weight is 249 g/mol. The molecule has 0 spiro atoms. The zero-order chi connectivity index (χ0) is 12.1. The molecule has 0 radical (unpaired) electrons. The zero-order valence-electron chi connectivity index (χ0n) is 10.3. The van der Waals surface area contributed by atoms with Gasteiger partial charge in [0, 0.05) is 17.9 Å². The van der Waals surface area contributed by atoms with Crippen molar-refractivity contribution in [2.45, 2.75) is 50.0 Å². The molecule has 1 aromatic rings. The van der Waals surface area contributed by atoms with Crippen LogP contribution in [0.1, 0.15) is 39.0 Å². The van der Waals surface area contributed by atoms with E-state index in [-0.39, 0.29) is 5.91 Å². The largest absolute Gasteiger partial charge is 0.279 e. The monoisotopic (exact) mass is 249 g/mol. The minimum atomic E-state index is 0.172. The second-order valence-corrected chi connectivity index (χ2v) is 5.59. The SMILES string of the molecule is CC(=O)N(Sc1ccccc1)C1CCCCC1. The molecule has 2 rings (SSSR count). The molecular formula is C14H19NOS. The first kappa shape index (κ1) is 12.5. The smallest absolute Gasteiger partial charge is 0.229 e. The number of nitrogens with zero attached hydrogens (tertiary/aromatic N) is 1. The maximum Gasteiger partial charge on any atom is 0.229 e. The van der Waals surface area contributed by atoms with Gasteiger partial charge >= 0.3 is 0 Å². The molecule has 0 saturated heterocycles. The van der Waals surface area contributed by atoms with E-state index < -0.39 is 0 Å². The van der Waals surface area contributed by atoms with Gasteiger partial charge in [-0.25, -0.2) is 0 Å². The summed E-state index contributed by atoms with van der Waals surface area (Å²) in [5, 5.41) is 0. The van der Waals surface area contributed by atoms with Gasteiger partial charge in [0.05, 0.1) is 0 Å². The van der Waals surface area contributed by atoms with Crippen molar-refractivity contribution >= 4 is 17.9 Å². The summed E-state index contributed by atoms with van der Waals surface area (Å²) in [6, 6.07) is 10.6. The molecule has 1 fully saturated rings. The van der Waals surface area contributed by atoms with Crippen LogP contribution in [0.25, 0.3) is 0 Å². The van der Waals surface area contributed by atoms with E-state index in [0.29, 0.717) is 6.04 Å². The minimum Gasteiger partial charge on any atom is -0.279 e. The van der Waals surface area contributed by atoms with Crippen molar-refractivity contribution in [1.82, 2.24) is 4.31 Å². The van der Waals surface area contributed by atoms with Crippen molar-refractivity contribution in [2.24, 2.45) is 0 Å². The van der Waals surface area contributed by atoms with E-state index in [2.05, 4.69) is 12.1 Å². The molecule has 17 heavy (non-hydrogen) atoms. The maximum absolute atomic E-state index is 11.8. The van der Waals surface area contributed by atoms with Gasteiger partial charge in [0.25, 0.3) is 0 Å². The van der Waals surface area contributed by atoms with Gasteiger partial charge in [-0.1, -0.05) is 37.5 Å². The Hall–Kier alpha value is -0.960. The number of carbonyl (C=O) groups excluding carboxylic acids is 1. The lowest BCUT2D eigenvalue weighted by molar-refractivity contribution is -0.125. The molecule has 0 aliphatic heterocycles. The van der Waals surface area contributed by atoms with Crippen molar-refractivity contribution in [2.75, 3.05) is 0 Å². The van der Waals surface area contributed by atoms with Crippen LogP contribution < -0.4 is 0 Å². The van der Waals surface area contributed by atoms with E-state index in [0.717, 1.165) is 17.7 Å². The van der Waals surface area contributed by atoms with Crippen molar-refractivity contribution in [3.8, 4) is 0 Å². The van der Waals surface area contributed by atoms with E-state index in [4.69, 9.17) is 0 Å². The summed E-state index contributed by atoms with van der Waals surface area (Å²) < 4.78 is 1.97. The van der Waals surface area contributed by atoms with Crippen LogP contribution in [0.5, 0.6) is 0 Å². The molecule has 0 atom stereocenters. The molecule has 1 aliphatic rings. The fourth-order valence-electron chi connectivity index (χ4n) is 2.31. The first-order chi connectivity index (χ1) is 8.27. The van der Waals surface area contributed by atoms with E-state index in [9.17, 15) is 4.79 Å². The highest BCUT2D eigenvalue weighted by atomic mass is 32.2. The van der Waals surface area contributed by atoms with Gasteiger partial charge in [-0.05, 0) is 36.9 Å². The maximum atomic E-state index is 11.8. The van der Waals surface area contributed by atoms with Crippen molar-refractivity contribution < 1.29 is 4.79 Å². The Labute approximate surface area is 108 Å². The van der Waals surface area contributed by atoms with Crippen LogP contribution in [-0.2, 0) is 4.79 Å². The van der Waals surface area contributed by atoms with Crippen LogP contribution in [0.4, 0.5) is 0 Å². The summed E-state index contributed by atoms with van der Waals surface area (Å²) in [5.74, 6) is 0.172. The number of hydrogen-bond acceptors (Lipinski definition) is 2. The first-order valence-electron chi connectivity index (χ1n) is 6.30. The number of hydrogen-bond donors (Lipinski definition) is 0. The van der Waals surface area contributed by atoms with Gasteiger partial charge in [-0.3, -0.25) is 9.10 Å². The number of rotatable bonds is 3. The lowest BCUT2D eigenvalue weighted by atomic mass is 9.95. The summed E-state index contributed by atoms with van der Waals surface area (Å²) >= 11 is 1.59. The molecular weight excluding hydrogens is 230 g/mol. The lowest BCUT2D eigenvalue weighted by Crippen LogP contribution is -2.34. The summed E-state index contributed by atoms with van der Waals surface area (Å²) in [4.78, 5) is 12.9. The Kier molecular flexibility index (Phi) is 4.49. The summed E-state index contributed by atoms with van der Waals surface area (Å²) in [5.41, 5.74) is 0. The third-order valence-electron chi connectivity index (χ3n) is 3.16. The van der Waals surface area contributed by atoms with Gasteiger partial charge in [0.15, 0.2) is 0 Å². The molecule has 1 amide bonds. The Morgan fingerprint density at radius 1 is 1.18 bits per heavy atom. The number of benzene rings is 1. The number of carbonyl (C=O) groups is 1. The predicted molar refractivity (Wildman–Crippen MR) is 71.7 cm³/mol. The normalized spacial score (nSPS) is 16.8. The Morgan fingerprint density at radius 2 is 1.82 bits per heavy atom. The van der Waals surface area contributed by atoms with E-state index in [1.165, 1.54) is 19.3 Å². The molecule has 0 heterocycles. The van der Waals surface area contributed by atoms with Gasteiger partial charge < -0.3 is 0 Å². The second-order valence-electron chi connectivity index (χ2n) is 4.54. The second kappa shape index (κ2) is 6.10. The zero-order valence-corrected chi connectivity index (χ0v) is 11.1. The molecule has 3 heteroatoms. The fourth-order valence-corrected chi connectivity index (χ4v) is 3.30. The molecule has 0 unspecified atom stereocenters. The molecule has 0 N–H and O–H groups in total. The molecule has 1 aromatic carbocycles. The minimum absolute atomic E-state index is 0.172. The van der Waals surface area contributed by atoms with Crippen LogP contribution in [0.15, 0.2) is 35.2 Å². The lowest BCUT2D eigenvalue weighted by Gasteiger charge is -2.32. The Balaban J connectivity index is 2.04. The van der Waals surface area contributed by atoms with Crippen LogP contribution >= 0.6 is 11.9 Å². The van der Waals surface area contributed by atoms with Gasteiger partial charge in [-0.15, -0.1) is 0 Å². The summed E-state index contributed by atoms with van der Waals surface area (Å²) in [6.45, 7) is 1.67. The van der Waals surface area contributed by atoms with Gasteiger partial charge in [-0.2, -0.15) is 0 Å². The molecule has 1 saturated carbocycles. The van der Waals surface area contributed by atoms with Gasteiger partial charge in [0.1, 0.15) is 0 Å². The summed E-state index contributed by atoms with van der Waals surface area (Å²) in [6.07, 6.45) is 6.13. The van der Waals surface area contributed by atoms with Crippen LogP contribution in [0, 0.1) is 0 Å². The Morgan fingerprint density at radius 3 is 2.41 bits per heavy atom. The highest BCUT2D eigenvalue weighted by Gasteiger charge is 2.24. The topological polar surface area (TPSA) is 20.3 Å². The van der Waals surface area contributed by atoms with E-state index in [1.807, 2.05) is 22.5 Å². The molecule has 92 valence electrons. The molecule has 2 nitrogen and oxygen atoms in total. The van der Waals surface area contributed by atoms with Crippen LogP contribution in [-0.4, -0.2) is 16.3 Å². The van der Waals surface area contributed by atoms with Crippen LogP contribution in [0.2, 0.25) is 0 Å². The average Bonchev–Trinajstić information content (AvgIpc) is 2.38. The Bertz CT molecular complexity index is 360. The highest BCUT2D eigenvalue weighted by Crippen LogP contribution is 2.31. The van der Waals surface area contributed by atoms with Crippen molar-refractivity contribution in [3.05, 3.63) is 30.3 Å². The van der Waals surface area contributed by atoms with E-state index in [1.54, 1.807) is 18.9 Å². The van der Waals surface area contributed by atoms with Crippen molar-refractivity contribution in [1.29, 1.82) is 0 Å². The quantitative estimate of drug-likeness (QED) is 0.758. The predicted octanol–water partition coefficient (Wildman–Crippen LogP) is 3.87. The third-order valence-corrected chi connectivity index (χ3v) is 4.40. The molecule has 1 aliphatic carbocycles.